The fourth-order valence-electron chi connectivity index (χ4n) is 2.04. The number of benzene rings is 2. The number of nitrogens with one attached hydrogen (secondary N) is 1. The molecule has 0 unspecified atom stereocenters. The number of rotatable bonds is 5. The fraction of sp³-hybridized carbons (Fsp3) is 0.167. The summed E-state index contributed by atoms with van der Waals surface area (Å²) in [4.78, 5) is 12.0. The van der Waals surface area contributed by atoms with E-state index in [1.165, 1.54) is 6.08 Å². The summed E-state index contributed by atoms with van der Waals surface area (Å²) in [6, 6.07) is 9.77. The number of alkyl halides is 3. The van der Waals surface area contributed by atoms with Crippen LogP contribution < -0.4 is 10.1 Å². The quantitative estimate of drug-likeness (QED) is 0.716. The van der Waals surface area contributed by atoms with Crippen LogP contribution in [0.25, 0.3) is 6.08 Å². The summed E-state index contributed by atoms with van der Waals surface area (Å²) in [5, 5.41) is 2.73. The van der Waals surface area contributed by atoms with Crippen LogP contribution in [0, 0.1) is 0 Å². The van der Waals surface area contributed by atoms with Crippen molar-refractivity contribution in [3.63, 3.8) is 0 Å². The second kappa shape index (κ2) is 8.07. The number of ether oxygens (including phenoxy) is 1. The largest absolute Gasteiger partial charge is 0.492 e. The fourth-order valence-corrected chi connectivity index (χ4v) is 2.22. The van der Waals surface area contributed by atoms with E-state index in [2.05, 4.69) is 5.32 Å². The van der Waals surface area contributed by atoms with Crippen molar-refractivity contribution in [2.45, 2.75) is 13.1 Å². The number of hydrogen-bond donors (Lipinski definition) is 1. The zero-order valence-electron chi connectivity index (χ0n) is 13.2. The van der Waals surface area contributed by atoms with Crippen molar-refractivity contribution in [2.24, 2.45) is 0 Å². The first-order chi connectivity index (χ1) is 11.8. The first-order valence-electron chi connectivity index (χ1n) is 7.39. The lowest BCUT2D eigenvalue weighted by atomic mass is 10.1. The van der Waals surface area contributed by atoms with Crippen LogP contribution in [-0.4, -0.2) is 12.5 Å². The third-order valence-corrected chi connectivity index (χ3v) is 3.53. The summed E-state index contributed by atoms with van der Waals surface area (Å²) in [6.07, 6.45) is -2.13. The molecule has 2 rings (SSSR count). The van der Waals surface area contributed by atoms with Crippen molar-refractivity contribution in [1.82, 2.24) is 0 Å². The highest BCUT2D eigenvalue weighted by Crippen LogP contribution is 2.32. The Kier molecular flexibility index (Phi) is 6.09. The van der Waals surface area contributed by atoms with Crippen LogP contribution in [0.1, 0.15) is 18.1 Å². The first-order valence-corrected chi connectivity index (χ1v) is 7.76. The number of hydrogen-bond acceptors (Lipinski definition) is 2. The molecular weight excluding hydrogens is 355 g/mol. The van der Waals surface area contributed by atoms with E-state index in [1.807, 2.05) is 6.92 Å². The van der Waals surface area contributed by atoms with Crippen LogP contribution in [-0.2, 0) is 11.0 Å². The highest BCUT2D eigenvalue weighted by molar-refractivity contribution is 6.32. The van der Waals surface area contributed by atoms with Gasteiger partial charge in [0.05, 0.1) is 17.9 Å². The first kappa shape index (κ1) is 18.9. The summed E-state index contributed by atoms with van der Waals surface area (Å²) in [5.41, 5.74) is -0.266. The van der Waals surface area contributed by atoms with Gasteiger partial charge in [0.1, 0.15) is 5.75 Å². The molecule has 0 fully saturated rings. The van der Waals surface area contributed by atoms with E-state index >= 15 is 0 Å². The summed E-state index contributed by atoms with van der Waals surface area (Å²) in [5.74, 6) is -0.00974. The highest BCUT2D eigenvalue weighted by atomic mass is 35.5. The molecule has 0 saturated carbocycles. The zero-order valence-corrected chi connectivity index (χ0v) is 14.0. The van der Waals surface area contributed by atoms with Crippen LogP contribution in [0.4, 0.5) is 18.9 Å². The molecule has 132 valence electrons. The molecule has 3 nitrogen and oxygen atoms in total. The lowest BCUT2D eigenvalue weighted by molar-refractivity contribution is -0.137. The summed E-state index contributed by atoms with van der Waals surface area (Å²) < 4.78 is 43.6. The number of anilines is 1. The second-order valence-electron chi connectivity index (χ2n) is 4.99. The molecule has 0 radical (unpaired) electrons. The lowest BCUT2D eigenvalue weighted by Gasteiger charge is -2.10. The van der Waals surface area contributed by atoms with Crippen molar-refractivity contribution >= 4 is 29.3 Å². The molecule has 7 heteroatoms. The highest BCUT2D eigenvalue weighted by Gasteiger charge is 2.30. The molecule has 0 aliphatic carbocycles. The maximum Gasteiger partial charge on any atom is 0.416 e. The van der Waals surface area contributed by atoms with E-state index in [9.17, 15) is 18.0 Å². The van der Waals surface area contributed by atoms with Gasteiger partial charge in [-0.25, -0.2) is 0 Å². The maximum absolute atomic E-state index is 12.7. The van der Waals surface area contributed by atoms with E-state index < -0.39 is 17.6 Å². The van der Waals surface area contributed by atoms with Gasteiger partial charge in [0.25, 0.3) is 0 Å². The minimum Gasteiger partial charge on any atom is -0.492 e. The Morgan fingerprint density at radius 3 is 2.64 bits per heavy atom. The van der Waals surface area contributed by atoms with Crippen LogP contribution >= 0.6 is 11.6 Å². The van der Waals surface area contributed by atoms with Gasteiger partial charge >= 0.3 is 6.18 Å². The molecule has 0 aliphatic rings. The van der Waals surface area contributed by atoms with Crippen molar-refractivity contribution in [1.29, 1.82) is 0 Å². The van der Waals surface area contributed by atoms with Crippen LogP contribution in [0.5, 0.6) is 5.75 Å². The Labute approximate surface area is 148 Å². The standard InChI is InChI=1S/C18H15ClF3NO2/c1-2-25-16-6-4-3-5-15(16)23-17(24)10-7-12-11-13(18(20,21)22)8-9-14(12)19/h3-11H,2H2,1H3,(H,23,24)/b10-7+. The lowest BCUT2D eigenvalue weighted by Crippen LogP contribution is -2.09. The average molecular weight is 370 g/mol. The monoisotopic (exact) mass is 369 g/mol. The van der Waals surface area contributed by atoms with Gasteiger partial charge in [-0.2, -0.15) is 13.2 Å². The normalized spacial score (nSPS) is 11.6. The average Bonchev–Trinajstić information content (AvgIpc) is 2.55. The van der Waals surface area contributed by atoms with Crippen molar-refractivity contribution in [3.05, 3.63) is 64.7 Å². The molecule has 1 amide bonds. The smallest absolute Gasteiger partial charge is 0.416 e. The van der Waals surface area contributed by atoms with Gasteiger partial charge in [-0.05, 0) is 48.9 Å². The third kappa shape index (κ3) is 5.26. The Balaban J connectivity index is 2.16. The molecule has 0 heterocycles. The van der Waals surface area contributed by atoms with Gasteiger partial charge in [-0.3, -0.25) is 4.79 Å². The predicted molar refractivity (Wildman–Crippen MR) is 91.7 cm³/mol. The minimum atomic E-state index is -4.48. The van der Waals surface area contributed by atoms with E-state index in [0.717, 1.165) is 24.3 Å². The Bertz CT molecular complexity index is 788. The van der Waals surface area contributed by atoms with E-state index in [-0.39, 0.29) is 10.6 Å². The van der Waals surface area contributed by atoms with E-state index in [1.54, 1.807) is 24.3 Å². The Morgan fingerprint density at radius 1 is 1.24 bits per heavy atom. The van der Waals surface area contributed by atoms with Crippen molar-refractivity contribution in [2.75, 3.05) is 11.9 Å². The van der Waals surface area contributed by atoms with Crippen LogP contribution in [0.15, 0.2) is 48.5 Å². The summed E-state index contributed by atoms with van der Waals surface area (Å²) in [7, 11) is 0. The van der Waals surface area contributed by atoms with Gasteiger partial charge in [0.2, 0.25) is 5.91 Å². The number of amides is 1. The van der Waals surface area contributed by atoms with Gasteiger partial charge in [-0.1, -0.05) is 23.7 Å². The van der Waals surface area contributed by atoms with Crippen molar-refractivity contribution in [3.8, 4) is 5.75 Å². The topological polar surface area (TPSA) is 38.3 Å². The molecule has 25 heavy (non-hydrogen) atoms. The predicted octanol–water partition coefficient (Wildman–Crippen LogP) is 5.41. The molecule has 0 aliphatic heterocycles. The zero-order chi connectivity index (χ0) is 18.4. The van der Waals surface area contributed by atoms with Gasteiger partial charge < -0.3 is 10.1 Å². The molecule has 2 aromatic rings. The third-order valence-electron chi connectivity index (χ3n) is 3.18. The van der Waals surface area contributed by atoms with Crippen LogP contribution in [0.2, 0.25) is 5.02 Å². The molecule has 2 aromatic carbocycles. The molecule has 0 spiro atoms. The number of para-hydroxylation sites is 2. The number of carbonyl (C=O) groups is 1. The number of carbonyl (C=O) groups excluding carboxylic acids is 1. The molecule has 1 N–H and O–H groups in total. The van der Waals surface area contributed by atoms with Crippen molar-refractivity contribution < 1.29 is 22.7 Å². The van der Waals surface area contributed by atoms with Crippen LogP contribution in [0.3, 0.4) is 0 Å². The molecule has 0 bridgehead atoms. The second-order valence-corrected chi connectivity index (χ2v) is 5.39. The van der Waals surface area contributed by atoms with E-state index in [0.29, 0.717) is 18.0 Å². The summed E-state index contributed by atoms with van der Waals surface area (Å²) >= 11 is 5.89. The molecular formula is C18H15ClF3NO2. The molecule has 0 aromatic heterocycles. The minimum absolute atomic E-state index is 0.102. The Morgan fingerprint density at radius 2 is 1.96 bits per heavy atom. The molecule has 0 saturated heterocycles. The SMILES string of the molecule is CCOc1ccccc1NC(=O)/C=C/c1cc(C(F)(F)F)ccc1Cl. The van der Waals surface area contributed by atoms with E-state index in [4.69, 9.17) is 16.3 Å². The van der Waals surface area contributed by atoms with Gasteiger partial charge in [0.15, 0.2) is 0 Å². The molecule has 0 atom stereocenters. The summed E-state index contributed by atoms with van der Waals surface area (Å²) in [6.45, 7) is 2.25. The maximum atomic E-state index is 12.7. The number of halogens is 4. The van der Waals surface area contributed by atoms with Gasteiger partial charge in [-0.15, -0.1) is 0 Å². The van der Waals surface area contributed by atoms with Gasteiger partial charge in [0, 0.05) is 11.1 Å². The Hall–Kier alpha value is -2.47.